The highest BCUT2D eigenvalue weighted by Crippen LogP contribution is 2.21. The van der Waals surface area contributed by atoms with E-state index in [4.69, 9.17) is 21.5 Å². The van der Waals surface area contributed by atoms with Gasteiger partial charge in [0.15, 0.2) is 0 Å². The lowest BCUT2D eigenvalue weighted by molar-refractivity contribution is 0.106. The fourth-order valence-electron chi connectivity index (χ4n) is 2.04. The van der Waals surface area contributed by atoms with Crippen molar-refractivity contribution in [1.29, 1.82) is 0 Å². The highest BCUT2D eigenvalue weighted by molar-refractivity contribution is 6.84. The number of carbonyl (C=O) groups is 1. The minimum absolute atomic E-state index is 0.224. The highest BCUT2D eigenvalue weighted by atomic mass is 35.5. The van der Waals surface area contributed by atoms with Crippen molar-refractivity contribution in [3.05, 3.63) is 64.7 Å². The average Bonchev–Trinajstić information content (AvgIpc) is 2.54. The second-order valence-corrected chi connectivity index (χ2v) is 5.29. The SMILES string of the molecule is Cc1ccc(C)c(OCc2ccccc2C(=O)C(Cl)=NO)c1. The van der Waals surface area contributed by atoms with Crippen molar-refractivity contribution in [2.75, 3.05) is 0 Å². The number of oxime groups is 1. The average molecular weight is 318 g/mol. The molecule has 0 radical (unpaired) electrons. The minimum Gasteiger partial charge on any atom is -0.489 e. The van der Waals surface area contributed by atoms with Gasteiger partial charge in [0, 0.05) is 11.1 Å². The molecule has 0 aliphatic heterocycles. The number of rotatable bonds is 5. The molecule has 1 N–H and O–H groups in total. The second kappa shape index (κ2) is 7.09. The number of ketones is 1. The molecule has 0 unspecified atom stereocenters. The van der Waals surface area contributed by atoms with Crippen molar-refractivity contribution in [3.63, 3.8) is 0 Å². The number of aryl methyl sites for hydroxylation is 2. The molecule has 0 bridgehead atoms. The minimum atomic E-state index is -0.538. The molecule has 0 aliphatic carbocycles. The third-order valence-electron chi connectivity index (χ3n) is 3.26. The van der Waals surface area contributed by atoms with E-state index in [1.165, 1.54) is 0 Å². The fraction of sp³-hybridized carbons (Fsp3) is 0.176. The second-order valence-electron chi connectivity index (χ2n) is 4.93. The van der Waals surface area contributed by atoms with Gasteiger partial charge in [-0.25, -0.2) is 0 Å². The quantitative estimate of drug-likeness (QED) is 0.391. The normalized spacial score (nSPS) is 11.3. The van der Waals surface area contributed by atoms with Crippen LogP contribution in [0.4, 0.5) is 0 Å². The van der Waals surface area contributed by atoms with Gasteiger partial charge in [0.2, 0.25) is 11.0 Å². The molecule has 2 aromatic carbocycles. The monoisotopic (exact) mass is 317 g/mol. The van der Waals surface area contributed by atoms with E-state index >= 15 is 0 Å². The third-order valence-corrected chi connectivity index (χ3v) is 3.51. The number of nitrogens with zero attached hydrogens (tertiary/aromatic N) is 1. The standard InChI is InChI=1S/C17H16ClNO3/c1-11-7-8-12(2)15(9-11)22-10-13-5-3-4-6-14(13)16(20)17(18)19-21/h3-9,21H,10H2,1-2H3. The van der Waals surface area contributed by atoms with Crippen LogP contribution in [0, 0.1) is 13.8 Å². The topological polar surface area (TPSA) is 58.9 Å². The first-order valence-corrected chi connectivity index (χ1v) is 7.11. The number of halogens is 1. The van der Waals surface area contributed by atoms with Crippen LogP contribution in [-0.2, 0) is 6.61 Å². The lowest BCUT2D eigenvalue weighted by Crippen LogP contribution is -2.12. The van der Waals surface area contributed by atoms with E-state index in [0.29, 0.717) is 11.1 Å². The van der Waals surface area contributed by atoms with Crippen LogP contribution in [0.5, 0.6) is 5.75 Å². The molecular weight excluding hydrogens is 302 g/mol. The maximum atomic E-state index is 12.1. The summed E-state index contributed by atoms with van der Waals surface area (Å²) in [6.45, 7) is 4.17. The molecule has 0 fully saturated rings. The molecule has 0 spiro atoms. The molecule has 0 heterocycles. The van der Waals surface area contributed by atoms with Gasteiger partial charge in [-0.15, -0.1) is 0 Å². The van der Waals surface area contributed by atoms with Crippen molar-refractivity contribution in [2.24, 2.45) is 5.16 Å². The summed E-state index contributed by atoms with van der Waals surface area (Å²) >= 11 is 5.60. The van der Waals surface area contributed by atoms with Crippen LogP contribution in [-0.4, -0.2) is 16.2 Å². The molecule has 0 amide bonds. The number of ether oxygens (including phenoxy) is 1. The Kier molecular flexibility index (Phi) is 5.17. The van der Waals surface area contributed by atoms with Gasteiger partial charge < -0.3 is 9.94 Å². The first-order chi connectivity index (χ1) is 10.5. The molecule has 0 saturated carbocycles. The highest BCUT2D eigenvalue weighted by Gasteiger charge is 2.16. The van der Waals surface area contributed by atoms with Gasteiger partial charge in [-0.2, -0.15) is 0 Å². The largest absolute Gasteiger partial charge is 0.489 e. The van der Waals surface area contributed by atoms with Crippen LogP contribution in [0.25, 0.3) is 0 Å². The number of Topliss-reactive ketones (excluding diaryl/α,β-unsaturated/α-hetero) is 1. The van der Waals surface area contributed by atoms with E-state index in [9.17, 15) is 4.79 Å². The Labute approximate surface area is 134 Å². The van der Waals surface area contributed by atoms with Gasteiger partial charge in [0.1, 0.15) is 12.4 Å². The Hall–Kier alpha value is -2.33. The molecule has 2 aromatic rings. The Balaban J connectivity index is 2.24. The molecule has 5 heteroatoms. The zero-order chi connectivity index (χ0) is 16.1. The molecule has 0 saturated heterocycles. The number of hydrogen-bond donors (Lipinski definition) is 1. The van der Waals surface area contributed by atoms with Crippen molar-refractivity contribution in [1.82, 2.24) is 0 Å². The van der Waals surface area contributed by atoms with Crippen molar-refractivity contribution >= 4 is 22.6 Å². The van der Waals surface area contributed by atoms with E-state index < -0.39 is 11.0 Å². The van der Waals surface area contributed by atoms with Crippen LogP contribution in [0.3, 0.4) is 0 Å². The van der Waals surface area contributed by atoms with Gasteiger partial charge in [-0.1, -0.05) is 53.2 Å². The fourth-order valence-corrected chi connectivity index (χ4v) is 2.14. The predicted octanol–water partition coefficient (Wildman–Crippen LogP) is 4.09. The van der Waals surface area contributed by atoms with Crippen molar-refractivity contribution in [3.8, 4) is 5.75 Å². The molecule has 2 rings (SSSR count). The zero-order valence-corrected chi connectivity index (χ0v) is 13.1. The maximum Gasteiger partial charge on any atom is 0.226 e. The molecule has 22 heavy (non-hydrogen) atoms. The first kappa shape index (κ1) is 16.0. The summed E-state index contributed by atoms with van der Waals surface area (Å²) in [4.78, 5) is 12.1. The molecule has 0 aromatic heterocycles. The van der Waals surface area contributed by atoms with Crippen molar-refractivity contribution < 1.29 is 14.7 Å². The molecule has 114 valence electrons. The van der Waals surface area contributed by atoms with Gasteiger partial charge >= 0.3 is 0 Å². The number of hydrogen-bond acceptors (Lipinski definition) is 4. The van der Waals surface area contributed by atoms with E-state index in [0.717, 1.165) is 16.9 Å². The van der Waals surface area contributed by atoms with E-state index in [1.54, 1.807) is 18.2 Å². The summed E-state index contributed by atoms with van der Waals surface area (Å²) in [6.07, 6.45) is 0. The lowest BCUT2D eigenvalue weighted by atomic mass is 10.0. The predicted molar refractivity (Wildman–Crippen MR) is 86.1 cm³/mol. The molecule has 0 atom stereocenters. The lowest BCUT2D eigenvalue weighted by Gasteiger charge is -2.12. The Morgan fingerprint density at radius 3 is 2.68 bits per heavy atom. The van der Waals surface area contributed by atoms with Crippen LogP contribution >= 0.6 is 11.6 Å². The van der Waals surface area contributed by atoms with Crippen LogP contribution in [0.1, 0.15) is 27.0 Å². The number of carbonyl (C=O) groups excluding carboxylic acids is 1. The Morgan fingerprint density at radius 2 is 1.95 bits per heavy atom. The maximum absolute atomic E-state index is 12.1. The number of benzene rings is 2. The van der Waals surface area contributed by atoms with E-state index in [-0.39, 0.29) is 6.61 Å². The third kappa shape index (κ3) is 3.65. The summed E-state index contributed by atoms with van der Waals surface area (Å²) in [5, 5.41) is 10.9. The smallest absolute Gasteiger partial charge is 0.226 e. The summed E-state index contributed by atoms with van der Waals surface area (Å²) < 4.78 is 5.81. The summed E-state index contributed by atoms with van der Waals surface area (Å²) in [5.41, 5.74) is 3.15. The summed E-state index contributed by atoms with van der Waals surface area (Å²) in [7, 11) is 0. The zero-order valence-electron chi connectivity index (χ0n) is 12.3. The molecular formula is C17H16ClNO3. The Morgan fingerprint density at radius 1 is 1.23 bits per heavy atom. The molecule has 0 aliphatic rings. The first-order valence-electron chi connectivity index (χ1n) is 6.73. The van der Waals surface area contributed by atoms with E-state index in [2.05, 4.69) is 5.16 Å². The van der Waals surface area contributed by atoms with Gasteiger partial charge in [-0.05, 0) is 31.0 Å². The van der Waals surface area contributed by atoms with Crippen LogP contribution in [0.2, 0.25) is 0 Å². The van der Waals surface area contributed by atoms with E-state index in [1.807, 2.05) is 38.1 Å². The van der Waals surface area contributed by atoms with Crippen LogP contribution < -0.4 is 4.74 Å². The van der Waals surface area contributed by atoms with Gasteiger partial charge in [-0.3, -0.25) is 4.79 Å². The van der Waals surface area contributed by atoms with Gasteiger partial charge in [0.05, 0.1) is 0 Å². The molecule has 4 nitrogen and oxygen atoms in total. The van der Waals surface area contributed by atoms with Crippen molar-refractivity contribution in [2.45, 2.75) is 20.5 Å². The summed E-state index contributed by atoms with van der Waals surface area (Å²) in [5.74, 6) is 0.230. The van der Waals surface area contributed by atoms with Crippen LogP contribution in [0.15, 0.2) is 47.6 Å². The Bertz CT molecular complexity index is 726. The summed E-state index contributed by atoms with van der Waals surface area (Å²) in [6, 6.07) is 12.9. The van der Waals surface area contributed by atoms with Gasteiger partial charge in [0.25, 0.3) is 0 Å².